The summed E-state index contributed by atoms with van der Waals surface area (Å²) < 4.78 is 0. The molecule has 0 radical (unpaired) electrons. The van der Waals surface area contributed by atoms with Gasteiger partial charge in [-0.25, -0.2) is 4.99 Å². The average molecular weight is 326 g/mol. The van der Waals surface area contributed by atoms with Crippen molar-refractivity contribution in [3.63, 3.8) is 0 Å². The molecule has 1 aliphatic heterocycles. The molecule has 1 N–H and O–H groups in total. The number of hydrogen-bond donors (Lipinski definition) is 1. The number of allylic oxidation sites excluding steroid dienone is 3. The second-order valence-corrected chi connectivity index (χ2v) is 6.64. The van der Waals surface area contributed by atoms with Crippen molar-refractivity contribution in [2.24, 2.45) is 10.9 Å². The first-order valence-electron chi connectivity index (χ1n) is 7.66. The minimum Gasteiger partial charge on any atom is -0.325 e. The van der Waals surface area contributed by atoms with Gasteiger partial charge in [-0.15, -0.1) is 11.3 Å². The quantitative estimate of drug-likeness (QED) is 0.923. The molecule has 0 saturated heterocycles. The van der Waals surface area contributed by atoms with Crippen molar-refractivity contribution in [2.45, 2.75) is 26.7 Å². The first-order chi connectivity index (χ1) is 11.1. The van der Waals surface area contributed by atoms with Gasteiger partial charge in [-0.05, 0) is 42.5 Å². The smallest absolute Gasteiger partial charge is 0.287 e. The number of nitrogens with one attached hydrogen (secondary N) is 1. The van der Waals surface area contributed by atoms with Gasteiger partial charge in [-0.3, -0.25) is 9.59 Å². The van der Waals surface area contributed by atoms with Crippen molar-refractivity contribution in [3.05, 3.63) is 57.5 Å². The van der Waals surface area contributed by atoms with Crippen LogP contribution in [0, 0.1) is 12.8 Å². The second-order valence-electron chi connectivity index (χ2n) is 5.73. The summed E-state index contributed by atoms with van der Waals surface area (Å²) in [7, 11) is 0. The molecule has 23 heavy (non-hydrogen) atoms. The summed E-state index contributed by atoms with van der Waals surface area (Å²) >= 11 is 1.40. The maximum absolute atomic E-state index is 12.2. The van der Waals surface area contributed by atoms with Gasteiger partial charge in [0.1, 0.15) is 0 Å². The zero-order chi connectivity index (χ0) is 16.4. The van der Waals surface area contributed by atoms with Crippen LogP contribution in [0.2, 0.25) is 0 Å². The Morgan fingerprint density at radius 3 is 2.91 bits per heavy atom. The minimum atomic E-state index is -0.246. The van der Waals surface area contributed by atoms with Crippen LogP contribution in [-0.4, -0.2) is 17.5 Å². The van der Waals surface area contributed by atoms with E-state index in [4.69, 9.17) is 0 Å². The third-order valence-corrected chi connectivity index (χ3v) is 4.83. The van der Waals surface area contributed by atoms with Gasteiger partial charge >= 0.3 is 0 Å². The molecule has 1 aromatic heterocycles. The van der Waals surface area contributed by atoms with Crippen LogP contribution >= 0.6 is 11.3 Å². The molecule has 0 fully saturated rings. The second kappa shape index (κ2) is 6.46. The maximum Gasteiger partial charge on any atom is 0.287 e. The summed E-state index contributed by atoms with van der Waals surface area (Å²) in [5.74, 6) is -0.263. The highest BCUT2D eigenvalue weighted by Gasteiger charge is 2.25. The van der Waals surface area contributed by atoms with E-state index in [1.54, 1.807) is 12.2 Å². The summed E-state index contributed by atoms with van der Waals surface area (Å²) in [5.41, 5.74) is 3.55. The molecule has 2 aliphatic rings. The summed E-state index contributed by atoms with van der Waals surface area (Å²) in [6.45, 7) is 4.05. The Morgan fingerprint density at radius 1 is 1.39 bits per heavy atom. The molecule has 5 heteroatoms. The van der Waals surface area contributed by atoms with Crippen molar-refractivity contribution < 1.29 is 9.59 Å². The van der Waals surface area contributed by atoms with Crippen molar-refractivity contribution in [1.82, 2.24) is 5.32 Å². The zero-order valence-corrected chi connectivity index (χ0v) is 13.9. The van der Waals surface area contributed by atoms with Crippen LogP contribution in [0.4, 0.5) is 0 Å². The van der Waals surface area contributed by atoms with E-state index in [0.29, 0.717) is 10.6 Å². The molecular formula is C18H18N2O2S. The Labute approximate surface area is 139 Å². The van der Waals surface area contributed by atoms with E-state index in [1.165, 1.54) is 11.3 Å². The van der Waals surface area contributed by atoms with Crippen LogP contribution in [-0.2, 0) is 4.79 Å². The van der Waals surface area contributed by atoms with Crippen molar-refractivity contribution in [2.75, 3.05) is 0 Å². The molecule has 0 saturated carbocycles. The van der Waals surface area contributed by atoms with E-state index < -0.39 is 0 Å². The molecule has 1 aliphatic carbocycles. The van der Waals surface area contributed by atoms with Gasteiger partial charge in [0.2, 0.25) is 5.91 Å². The van der Waals surface area contributed by atoms with Gasteiger partial charge in [0.05, 0.1) is 10.6 Å². The lowest BCUT2D eigenvalue weighted by Crippen LogP contribution is -2.33. The van der Waals surface area contributed by atoms with Crippen molar-refractivity contribution in [3.8, 4) is 0 Å². The molecule has 4 nitrogen and oxygen atoms in total. The predicted octanol–water partition coefficient (Wildman–Crippen LogP) is 3.56. The first-order valence-corrected chi connectivity index (χ1v) is 8.54. The lowest BCUT2D eigenvalue weighted by atomic mass is 9.85. The van der Waals surface area contributed by atoms with Gasteiger partial charge in [0, 0.05) is 17.7 Å². The average Bonchev–Trinajstić information content (AvgIpc) is 2.94. The Hall–Kier alpha value is -2.27. The largest absolute Gasteiger partial charge is 0.325 e. The number of hydrogen-bond acceptors (Lipinski definition) is 3. The number of amides is 2. The molecule has 0 bridgehead atoms. The fraction of sp³-hybridized carbons (Fsp3) is 0.278. The van der Waals surface area contributed by atoms with Gasteiger partial charge in [-0.2, -0.15) is 0 Å². The molecule has 2 amide bonds. The summed E-state index contributed by atoms with van der Waals surface area (Å²) in [5, 5.41) is 4.79. The summed E-state index contributed by atoms with van der Waals surface area (Å²) in [4.78, 5) is 28.8. The van der Waals surface area contributed by atoms with E-state index in [2.05, 4.69) is 17.2 Å². The molecule has 118 valence electrons. The van der Waals surface area contributed by atoms with E-state index in [9.17, 15) is 9.59 Å². The van der Waals surface area contributed by atoms with Gasteiger partial charge in [-0.1, -0.05) is 25.0 Å². The molecule has 2 heterocycles. The van der Waals surface area contributed by atoms with E-state index >= 15 is 0 Å². The highest BCUT2D eigenvalue weighted by Crippen LogP contribution is 2.30. The molecule has 3 rings (SSSR count). The summed E-state index contributed by atoms with van der Waals surface area (Å²) in [6.07, 6.45) is 9.21. The van der Waals surface area contributed by atoms with Gasteiger partial charge in [0.25, 0.3) is 5.91 Å². The highest BCUT2D eigenvalue weighted by atomic mass is 32.1. The normalized spacial score (nSPS) is 21.6. The predicted molar refractivity (Wildman–Crippen MR) is 92.7 cm³/mol. The standard InChI is InChI=1S/C18H18N2O2S/c1-3-4-12-8-17(21)20-15-9-13(5-6-14(12)15)19-18(22)16-7-11(2)10-23-16/h5-10,14H,3-4H2,1-2H3,(H,20,21). The van der Waals surface area contributed by atoms with E-state index in [0.717, 1.165) is 29.7 Å². The minimum absolute atomic E-state index is 0.0886. The fourth-order valence-electron chi connectivity index (χ4n) is 2.77. The lowest BCUT2D eigenvalue weighted by Gasteiger charge is -2.27. The molecule has 1 unspecified atom stereocenters. The van der Waals surface area contributed by atoms with Crippen molar-refractivity contribution in [1.29, 1.82) is 0 Å². The van der Waals surface area contributed by atoms with Gasteiger partial charge in [0.15, 0.2) is 0 Å². The number of fused-ring (bicyclic) bond motifs is 1. The maximum atomic E-state index is 12.2. The molecule has 1 aromatic rings. The van der Waals surface area contributed by atoms with Crippen LogP contribution in [0.5, 0.6) is 0 Å². The van der Waals surface area contributed by atoms with Crippen LogP contribution in [0.1, 0.15) is 35.0 Å². The Morgan fingerprint density at radius 2 is 2.22 bits per heavy atom. The number of rotatable bonds is 3. The fourth-order valence-corrected chi connectivity index (χ4v) is 3.55. The van der Waals surface area contributed by atoms with Crippen LogP contribution in [0.25, 0.3) is 0 Å². The molecule has 0 aromatic carbocycles. The molecule has 0 spiro atoms. The third kappa shape index (κ3) is 3.40. The molecular weight excluding hydrogens is 308 g/mol. The Balaban J connectivity index is 1.85. The first kappa shape index (κ1) is 15.6. The number of aryl methyl sites for hydroxylation is 1. The topological polar surface area (TPSA) is 58.5 Å². The van der Waals surface area contributed by atoms with E-state index in [-0.39, 0.29) is 17.7 Å². The Kier molecular flexibility index (Phi) is 4.39. The number of aliphatic imine (C=N–C) groups is 1. The number of carbonyl (C=O) groups excluding carboxylic acids is 2. The Bertz CT molecular complexity index is 781. The highest BCUT2D eigenvalue weighted by molar-refractivity contribution is 7.12. The van der Waals surface area contributed by atoms with Crippen molar-refractivity contribution >= 4 is 28.9 Å². The number of nitrogens with zero attached hydrogens (tertiary/aromatic N) is 1. The number of thiophene rings is 1. The van der Waals surface area contributed by atoms with Crippen LogP contribution in [0.15, 0.2) is 52.0 Å². The van der Waals surface area contributed by atoms with Gasteiger partial charge < -0.3 is 5.32 Å². The summed E-state index contributed by atoms with van der Waals surface area (Å²) in [6, 6.07) is 1.84. The third-order valence-electron chi connectivity index (χ3n) is 3.79. The SMILES string of the molecule is CCCC1=CC(=O)NC2=CC(=NC(=O)c3cc(C)cs3)C=CC12. The van der Waals surface area contributed by atoms with Crippen LogP contribution < -0.4 is 5.32 Å². The monoisotopic (exact) mass is 326 g/mol. The molecule has 1 atom stereocenters. The number of carbonyl (C=O) groups is 2. The lowest BCUT2D eigenvalue weighted by molar-refractivity contribution is -0.116. The van der Waals surface area contributed by atoms with Crippen LogP contribution in [0.3, 0.4) is 0 Å². The zero-order valence-electron chi connectivity index (χ0n) is 13.1. The van der Waals surface area contributed by atoms with E-state index in [1.807, 2.05) is 30.5 Å².